The van der Waals surface area contributed by atoms with Gasteiger partial charge in [0, 0.05) is 17.8 Å². The molecule has 68 valence electrons. The second-order valence-corrected chi connectivity index (χ2v) is 3.34. The number of nitrogens with two attached hydrogens (primary N) is 1. The molecule has 4 heteroatoms. The van der Waals surface area contributed by atoms with Crippen molar-refractivity contribution in [3.63, 3.8) is 0 Å². The maximum Gasteiger partial charge on any atom is 0.271 e. The lowest BCUT2D eigenvalue weighted by Gasteiger charge is -2.02. The third kappa shape index (κ3) is 1.47. The number of hydrogen-bond acceptors (Lipinski definition) is 3. The van der Waals surface area contributed by atoms with Crippen molar-refractivity contribution in [1.82, 2.24) is 0 Å². The highest BCUT2D eigenvalue weighted by molar-refractivity contribution is 5.56. The van der Waals surface area contributed by atoms with E-state index in [-0.39, 0.29) is 5.69 Å². The molecule has 0 spiro atoms. The number of nitrogens with zero attached hydrogens (tertiary/aromatic N) is 1. The number of non-ortho nitro benzene ring substituents is 1. The minimum Gasteiger partial charge on any atom is -0.398 e. The summed E-state index contributed by atoms with van der Waals surface area (Å²) in [6.45, 7) is 0. The number of anilines is 1. The standard InChI is InChI=1S/C9H10N2O2/c10-9-5-7(11(12)13)3-4-8(9)6-1-2-6/h3-6H,1-2,10H2. The van der Waals surface area contributed by atoms with Gasteiger partial charge in [-0.05, 0) is 30.4 Å². The van der Waals surface area contributed by atoms with Crippen molar-refractivity contribution in [2.45, 2.75) is 18.8 Å². The van der Waals surface area contributed by atoms with Gasteiger partial charge in [-0.1, -0.05) is 0 Å². The molecule has 1 saturated carbocycles. The molecule has 0 unspecified atom stereocenters. The summed E-state index contributed by atoms with van der Waals surface area (Å²) in [6.07, 6.45) is 2.31. The quantitative estimate of drug-likeness (QED) is 0.428. The van der Waals surface area contributed by atoms with Gasteiger partial charge < -0.3 is 5.73 Å². The van der Waals surface area contributed by atoms with Gasteiger partial charge in [0.2, 0.25) is 0 Å². The van der Waals surface area contributed by atoms with Gasteiger partial charge in [0.05, 0.1) is 4.92 Å². The van der Waals surface area contributed by atoms with Crippen molar-refractivity contribution >= 4 is 11.4 Å². The van der Waals surface area contributed by atoms with Crippen molar-refractivity contribution in [3.05, 3.63) is 33.9 Å². The van der Waals surface area contributed by atoms with Crippen LogP contribution in [0.1, 0.15) is 24.3 Å². The highest BCUT2D eigenvalue weighted by Crippen LogP contribution is 2.43. The first-order valence-electron chi connectivity index (χ1n) is 4.22. The van der Waals surface area contributed by atoms with Gasteiger partial charge in [-0.3, -0.25) is 10.1 Å². The van der Waals surface area contributed by atoms with Crippen LogP contribution in [0.2, 0.25) is 0 Å². The Kier molecular flexibility index (Phi) is 1.69. The van der Waals surface area contributed by atoms with Crippen LogP contribution in [-0.2, 0) is 0 Å². The van der Waals surface area contributed by atoms with Gasteiger partial charge in [-0.2, -0.15) is 0 Å². The minimum atomic E-state index is -0.424. The number of nitro groups is 1. The summed E-state index contributed by atoms with van der Waals surface area (Å²) in [6, 6.07) is 4.72. The van der Waals surface area contributed by atoms with Crippen LogP contribution in [-0.4, -0.2) is 4.92 Å². The van der Waals surface area contributed by atoms with E-state index in [2.05, 4.69) is 0 Å². The highest BCUT2D eigenvalue weighted by atomic mass is 16.6. The van der Waals surface area contributed by atoms with Gasteiger partial charge in [-0.15, -0.1) is 0 Å². The molecular formula is C9H10N2O2. The van der Waals surface area contributed by atoms with Crippen LogP contribution in [0.25, 0.3) is 0 Å². The molecule has 1 aromatic rings. The molecule has 0 aliphatic heterocycles. The molecule has 1 fully saturated rings. The SMILES string of the molecule is Nc1cc([N+](=O)[O-])ccc1C1CC1. The van der Waals surface area contributed by atoms with Crippen LogP contribution < -0.4 is 5.73 Å². The Morgan fingerprint density at radius 1 is 1.46 bits per heavy atom. The summed E-state index contributed by atoms with van der Waals surface area (Å²) in [4.78, 5) is 9.98. The summed E-state index contributed by atoms with van der Waals surface area (Å²) in [5.41, 5.74) is 7.38. The smallest absolute Gasteiger partial charge is 0.271 e. The van der Waals surface area contributed by atoms with Gasteiger partial charge in [0.15, 0.2) is 0 Å². The summed E-state index contributed by atoms with van der Waals surface area (Å²) in [5, 5.41) is 10.4. The molecule has 1 aliphatic rings. The second kappa shape index (κ2) is 2.73. The van der Waals surface area contributed by atoms with Crippen LogP contribution in [0, 0.1) is 10.1 Å². The Labute approximate surface area is 75.5 Å². The number of benzene rings is 1. The van der Waals surface area contributed by atoms with E-state index in [0.29, 0.717) is 11.6 Å². The first-order chi connectivity index (χ1) is 6.18. The molecule has 2 N–H and O–H groups in total. The molecular weight excluding hydrogens is 168 g/mol. The van der Waals surface area contributed by atoms with Crippen molar-refractivity contribution in [3.8, 4) is 0 Å². The Balaban J connectivity index is 2.36. The molecule has 0 amide bonds. The largest absolute Gasteiger partial charge is 0.398 e. The van der Waals surface area contributed by atoms with Crippen LogP contribution in [0.5, 0.6) is 0 Å². The van der Waals surface area contributed by atoms with Gasteiger partial charge >= 0.3 is 0 Å². The minimum absolute atomic E-state index is 0.0712. The number of hydrogen-bond donors (Lipinski definition) is 1. The fraction of sp³-hybridized carbons (Fsp3) is 0.333. The number of rotatable bonds is 2. The molecule has 0 heterocycles. The zero-order valence-corrected chi connectivity index (χ0v) is 7.06. The van der Waals surface area contributed by atoms with Gasteiger partial charge in [0.25, 0.3) is 5.69 Å². The molecule has 0 saturated heterocycles. The molecule has 0 bridgehead atoms. The predicted molar refractivity (Wildman–Crippen MR) is 49.5 cm³/mol. The molecule has 13 heavy (non-hydrogen) atoms. The Morgan fingerprint density at radius 2 is 2.15 bits per heavy atom. The predicted octanol–water partition coefficient (Wildman–Crippen LogP) is 2.05. The molecule has 0 atom stereocenters. The van der Waals surface area contributed by atoms with Crippen LogP contribution in [0.3, 0.4) is 0 Å². The highest BCUT2D eigenvalue weighted by Gasteiger charge is 2.26. The van der Waals surface area contributed by atoms with Crippen molar-refractivity contribution in [2.75, 3.05) is 5.73 Å². The van der Waals surface area contributed by atoms with E-state index in [1.165, 1.54) is 12.1 Å². The molecule has 1 aliphatic carbocycles. The lowest BCUT2D eigenvalue weighted by molar-refractivity contribution is -0.384. The van der Waals surface area contributed by atoms with Crippen LogP contribution in [0.4, 0.5) is 11.4 Å². The Hall–Kier alpha value is -1.58. The van der Waals surface area contributed by atoms with E-state index in [9.17, 15) is 10.1 Å². The number of nitrogen functional groups attached to an aromatic ring is 1. The second-order valence-electron chi connectivity index (χ2n) is 3.34. The van der Waals surface area contributed by atoms with E-state index in [1.54, 1.807) is 6.07 Å². The molecule has 0 aromatic heterocycles. The Morgan fingerprint density at radius 3 is 2.62 bits per heavy atom. The monoisotopic (exact) mass is 178 g/mol. The lowest BCUT2D eigenvalue weighted by atomic mass is 10.1. The van der Waals surface area contributed by atoms with Crippen LogP contribution >= 0.6 is 0 Å². The fourth-order valence-corrected chi connectivity index (χ4v) is 1.44. The third-order valence-corrected chi connectivity index (χ3v) is 2.30. The fourth-order valence-electron chi connectivity index (χ4n) is 1.44. The zero-order chi connectivity index (χ0) is 9.42. The van der Waals surface area contributed by atoms with Crippen molar-refractivity contribution < 1.29 is 4.92 Å². The van der Waals surface area contributed by atoms with Crippen molar-refractivity contribution in [2.24, 2.45) is 0 Å². The molecule has 4 nitrogen and oxygen atoms in total. The van der Waals surface area contributed by atoms with E-state index >= 15 is 0 Å². The van der Waals surface area contributed by atoms with E-state index < -0.39 is 4.92 Å². The summed E-state index contributed by atoms with van der Waals surface area (Å²) < 4.78 is 0. The third-order valence-electron chi connectivity index (χ3n) is 2.30. The van der Waals surface area contributed by atoms with Gasteiger partial charge in [0.1, 0.15) is 0 Å². The summed E-state index contributed by atoms with van der Waals surface area (Å²) in [7, 11) is 0. The van der Waals surface area contributed by atoms with E-state index in [0.717, 1.165) is 18.4 Å². The van der Waals surface area contributed by atoms with E-state index in [1.807, 2.05) is 0 Å². The maximum atomic E-state index is 10.4. The van der Waals surface area contributed by atoms with E-state index in [4.69, 9.17) is 5.73 Å². The zero-order valence-electron chi connectivity index (χ0n) is 7.06. The first-order valence-corrected chi connectivity index (χ1v) is 4.22. The normalized spacial score (nSPS) is 15.7. The average Bonchev–Trinajstić information content (AvgIpc) is 2.87. The Bertz CT molecular complexity index is 359. The van der Waals surface area contributed by atoms with Gasteiger partial charge in [-0.25, -0.2) is 0 Å². The summed E-state index contributed by atoms with van der Waals surface area (Å²) in [5.74, 6) is 0.542. The average molecular weight is 178 g/mol. The van der Waals surface area contributed by atoms with Crippen LogP contribution in [0.15, 0.2) is 18.2 Å². The topological polar surface area (TPSA) is 69.2 Å². The molecule has 2 rings (SSSR count). The maximum absolute atomic E-state index is 10.4. The number of nitro benzene ring substituents is 1. The molecule has 1 aromatic carbocycles. The summed E-state index contributed by atoms with van der Waals surface area (Å²) >= 11 is 0. The first kappa shape index (κ1) is 8.04. The van der Waals surface area contributed by atoms with Crippen molar-refractivity contribution in [1.29, 1.82) is 0 Å². The molecule has 0 radical (unpaired) electrons. The lowest BCUT2D eigenvalue weighted by Crippen LogP contribution is -1.95.